The number of hydrogen-bond acceptors (Lipinski definition) is 2. The van der Waals surface area contributed by atoms with Gasteiger partial charge < -0.3 is 10.4 Å². The molecule has 2 nitrogen and oxygen atoms in total. The Morgan fingerprint density at radius 1 is 1.16 bits per heavy atom. The number of hydrogen-bond donors (Lipinski definition) is 2. The molecule has 0 spiro atoms. The number of benzene rings is 2. The summed E-state index contributed by atoms with van der Waals surface area (Å²) < 4.78 is 1.10. The maximum Gasteiger partial charge on any atom is 0.115 e. The van der Waals surface area contributed by atoms with E-state index in [-0.39, 0.29) is 0 Å². The van der Waals surface area contributed by atoms with Crippen LogP contribution in [-0.2, 0) is 6.42 Å². The van der Waals surface area contributed by atoms with Crippen molar-refractivity contribution in [2.45, 2.75) is 26.3 Å². The Balaban J connectivity index is 2.01. The lowest BCUT2D eigenvalue weighted by Crippen LogP contribution is -2.18. The van der Waals surface area contributed by atoms with Gasteiger partial charge in [-0.1, -0.05) is 28.1 Å². The molecule has 2 aromatic rings. The number of halogens is 1. The molecule has 0 aliphatic carbocycles. The lowest BCUT2D eigenvalue weighted by molar-refractivity contribution is 0.475. The van der Waals surface area contributed by atoms with Crippen LogP contribution in [0.1, 0.15) is 18.1 Å². The molecule has 0 bridgehead atoms. The van der Waals surface area contributed by atoms with Crippen LogP contribution >= 0.6 is 15.9 Å². The smallest absolute Gasteiger partial charge is 0.115 e. The molecule has 0 amide bonds. The highest BCUT2D eigenvalue weighted by Gasteiger charge is 2.06. The summed E-state index contributed by atoms with van der Waals surface area (Å²) >= 11 is 3.47. The molecule has 19 heavy (non-hydrogen) atoms. The predicted octanol–water partition coefficient (Wildman–Crippen LogP) is 4.51. The molecular formula is C16H18BrNO. The van der Waals surface area contributed by atoms with Gasteiger partial charge in [0.05, 0.1) is 0 Å². The average molecular weight is 320 g/mol. The van der Waals surface area contributed by atoms with Gasteiger partial charge in [-0.15, -0.1) is 0 Å². The first kappa shape index (κ1) is 13.9. The number of phenols is 1. The van der Waals surface area contributed by atoms with Gasteiger partial charge in [-0.05, 0) is 61.7 Å². The molecule has 1 unspecified atom stereocenters. The molecule has 0 aromatic heterocycles. The molecule has 0 fully saturated rings. The number of anilines is 1. The first-order valence-electron chi connectivity index (χ1n) is 6.35. The van der Waals surface area contributed by atoms with Gasteiger partial charge in [0.25, 0.3) is 0 Å². The second kappa shape index (κ2) is 6.11. The summed E-state index contributed by atoms with van der Waals surface area (Å²) in [4.78, 5) is 0. The van der Waals surface area contributed by atoms with Crippen LogP contribution in [0.25, 0.3) is 0 Å². The monoisotopic (exact) mass is 319 g/mol. The van der Waals surface area contributed by atoms with Crippen molar-refractivity contribution in [1.82, 2.24) is 0 Å². The Hall–Kier alpha value is -1.48. The van der Waals surface area contributed by atoms with Gasteiger partial charge in [0.2, 0.25) is 0 Å². The Bertz CT molecular complexity index is 551. The minimum atomic E-state index is 0.313. The molecule has 100 valence electrons. The summed E-state index contributed by atoms with van der Waals surface area (Å²) in [5, 5.41) is 12.8. The molecule has 0 saturated carbocycles. The van der Waals surface area contributed by atoms with Crippen LogP contribution in [-0.4, -0.2) is 11.1 Å². The van der Waals surface area contributed by atoms with Crippen LogP contribution in [0.2, 0.25) is 0 Å². The van der Waals surface area contributed by atoms with E-state index in [2.05, 4.69) is 47.2 Å². The second-order valence-corrected chi connectivity index (χ2v) is 5.79. The second-order valence-electron chi connectivity index (χ2n) is 4.88. The molecule has 0 heterocycles. The third kappa shape index (κ3) is 4.00. The first-order valence-corrected chi connectivity index (χ1v) is 7.14. The predicted molar refractivity (Wildman–Crippen MR) is 83.8 cm³/mol. The van der Waals surface area contributed by atoms with E-state index in [1.54, 1.807) is 12.1 Å². The van der Waals surface area contributed by atoms with E-state index in [1.165, 1.54) is 11.1 Å². The SMILES string of the molecule is Cc1cc(Br)ccc1NC(C)Cc1ccc(O)cc1. The van der Waals surface area contributed by atoms with Crippen molar-refractivity contribution in [2.24, 2.45) is 0 Å². The fraction of sp³-hybridized carbons (Fsp3) is 0.250. The number of rotatable bonds is 4. The lowest BCUT2D eigenvalue weighted by Gasteiger charge is -2.17. The van der Waals surface area contributed by atoms with Gasteiger partial charge in [0.15, 0.2) is 0 Å². The van der Waals surface area contributed by atoms with E-state index in [4.69, 9.17) is 0 Å². The summed E-state index contributed by atoms with van der Waals surface area (Å²) in [5.41, 5.74) is 3.61. The Labute approximate surface area is 122 Å². The molecule has 0 saturated heterocycles. The van der Waals surface area contributed by atoms with Crippen molar-refractivity contribution in [3.05, 3.63) is 58.1 Å². The summed E-state index contributed by atoms with van der Waals surface area (Å²) in [5.74, 6) is 0.313. The van der Waals surface area contributed by atoms with Crippen LogP contribution in [0.5, 0.6) is 5.75 Å². The highest BCUT2D eigenvalue weighted by Crippen LogP contribution is 2.21. The van der Waals surface area contributed by atoms with E-state index in [0.29, 0.717) is 11.8 Å². The van der Waals surface area contributed by atoms with Gasteiger partial charge in [-0.25, -0.2) is 0 Å². The maximum atomic E-state index is 9.27. The third-order valence-electron chi connectivity index (χ3n) is 3.07. The van der Waals surface area contributed by atoms with Gasteiger partial charge in [-0.3, -0.25) is 0 Å². The van der Waals surface area contributed by atoms with Crippen molar-refractivity contribution in [1.29, 1.82) is 0 Å². The fourth-order valence-corrected chi connectivity index (χ4v) is 2.57. The number of phenolic OH excluding ortho intramolecular Hbond substituents is 1. The van der Waals surface area contributed by atoms with E-state index in [9.17, 15) is 5.11 Å². The lowest BCUT2D eigenvalue weighted by atomic mass is 10.1. The van der Waals surface area contributed by atoms with Crippen LogP contribution in [0.15, 0.2) is 46.9 Å². The van der Waals surface area contributed by atoms with Crippen LogP contribution < -0.4 is 5.32 Å². The number of nitrogens with one attached hydrogen (secondary N) is 1. The molecule has 2 rings (SSSR count). The molecule has 1 atom stereocenters. The molecule has 0 aliphatic rings. The minimum Gasteiger partial charge on any atom is -0.508 e. The van der Waals surface area contributed by atoms with Crippen LogP contribution in [0.4, 0.5) is 5.69 Å². The summed E-state index contributed by atoms with van der Waals surface area (Å²) in [7, 11) is 0. The molecular weight excluding hydrogens is 302 g/mol. The highest BCUT2D eigenvalue weighted by molar-refractivity contribution is 9.10. The highest BCUT2D eigenvalue weighted by atomic mass is 79.9. The number of aromatic hydroxyl groups is 1. The fourth-order valence-electron chi connectivity index (χ4n) is 2.09. The van der Waals surface area contributed by atoms with Gasteiger partial charge in [0, 0.05) is 16.2 Å². The van der Waals surface area contributed by atoms with Crippen LogP contribution in [0, 0.1) is 6.92 Å². The largest absolute Gasteiger partial charge is 0.508 e. The van der Waals surface area contributed by atoms with Crippen molar-refractivity contribution in [3.63, 3.8) is 0 Å². The first-order chi connectivity index (χ1) is 9.04. The topological polar surface area (TPSA) is 32.3 Å². The Morgan fingerprint density at radius 2 is 1.84 bits per heavy atom. The van der Waals surface area contributed by atoms with E-state index >= 15 is 0 Å². The molecule has 0 aliphatic heterocycles. The quantitative estimate of drug-likeness (QED) is 0.869. The zero-order valence-corrected chi connectivity index (χ0v) is 12.7. The maximum absolute atomic E-state index is 9.27. The van der Waals surface area contributed by atoms with Crippen molar-refractivity contribution in [2.75, 3.05) is 5.32 Å². The van der Waals surface area contributed by atoms with Gasteiger partial charge in [0.1, 0.15) is 5.75 Å². The molecule has 2 N–H and O–H groups in total. The van der Waals surface area contributed by atoms with E-state index in [0.717, 1.165) is 16.6 Å². The van der Waals surface area contributed by atoms with Crippen LogP contribution in [0.3, 0.4) is 0 Å². The summed E-state index contributed by atoms with van der Waals surface area (Å²) in [6.45, 7) is 4.26. The van der Waals surface area contributed by atoms with Crippen molar-refractivity contribution >= 4 is 21.6 Å². The van der Waals surface area contributed by atoms with Crippen molar-refractivity contribution in [3.8, 4) is 5.75 Å². The zero-order chi connectivity index (χ0) is 13.8. The summed E-state index contributed by atoms with van der Waals surface area (Å²) in [6.07, 6.45) is 0.926. The minimum absolute atomic E-state index is 0.313. The summed E-state index contributed by atoms with van der Waals surface area (Å²) in [6, 6.07) is 14.0. The average Bonchev–Trinajstić information content (AvgIpc) is 2.36. The Morgan fingerprint density at radius 3 is 2.47 bits per heavy atom. The van der Waals surface area contributed by atoms with Gasteiger partial charge >= 0.3 is 0 Å². The van der Waals surface area contributed by atoms with E-state index < -0.39 is 0 Å². The Kier molecular flexibility index (Phi) is 4.48. The van der Waals surface area contributed by atoms with Gasteiger partial charge in [-0.2, -0.15) is 0 Å². The zero-order valence-electron chi connectivity index (χ0n) is 11.2. The molecule has 3 heteroatoms. The molecule has 2 aromatic carbocycles. The normalized spacial score (nSPS) is 12.2. The molecule has 0 radical (unpaired) electrons. The van der Waals surface area contributed by atoms with E-state index in [1.807, 2.05) is 18.2 Å². The standard InChI is InChI=1S/C16H18BrNO/c1-11-9-14(17)5-8-16(11)18-12(2)10-13-3-6-15(19)7-4-13/h3-9,12,18-19H,10H2,1-2H3. The number of aryl methyl sites for hydroxylation is 1. The van der Waals surface area contributed by atoms with Crippen molar-refractivity contribution < 1.29 is 5.11 Å². The third-order valence-corrected chi connectivity index (χ3v) is 3.56.